The molecule has 0 aliphatic rings. The Kier molecular flexibility index (Phi) is 8.79. The molecule has 2 rings (SSSR count). The summed E-state index contributed by atoms with van der Waals surface area (Å²) in [7, 11) is 0. The first-order valence-electron chi connectivity index (χ1n) is 10.7. The molecule has 160 valence electrons. The number of anilines is 3. The van der Waals surface area contributed by atoms with Gasteiger partial charge in [0.05, 0.1) is 11.4 Å². The zero-order valence-electron chi connectivity index (χ0n) is 18.9. The van der Waals surface area contributed by atoms with E-state index in [2.05, 4.69) is 86.3 Å². The van der Waals surface area contributed by atoms with Gasteiger partial charge in [0.15, 0.2) is 0 Å². The van der Waals surface area contributed by atoms with Crippen molar-refractivity contribution >= 4 is 17.1 Å². The van der Waals surface area contributed by atoms with E-state index < -0.39 is 0 Å². The number of nitrogens with one attached hydrogen (secondary N) is 1. The standard InChI is InChI=1S/C27H37N3/c1-7-24-17-25(28)26(29-21(4)5)18-27(24)30(19-23-11-9-8-10-12-23)16-15-22(6)14-13-20(2)3/h8-12,17-18,29H,2,4,6-7,13-16,19,28H2,1,3,5H3. The molecule has 0 amide bonds. The average Bonchev–Trinajstić information content (AvgIpc) is 2.71. The third kappa shape index (κ3) is 7.14. The van der Waals surface area contributed by atoms with E-state index in [0.29, 0.717) is 0 Å². The van der Waals surface area contributed by atoms with Crippen LogP contribution in [0.4, 0.5) is 17.1 Å². The minimum Gasteiger partial charge on any atom is -0.397 e. The third-order valence-electron chi connectivity index (χ3n) is 5.18. The fraction of sp³-hybridized carbons (Fsp3) is 0.333. The minimum absolute atomic E-state index is 0.754. The van der Waals surface area contributed by atoms with Gasteiger partial charge in [-0.15, -0.1) is 6.58 Å². The van der Waals surface area contributed by atoms with Crippen LogP contribution < -0.4 is 16.0 Å². The lowest BCUT2D eigenvalue weighted by Crippen LogP contribution is -2.25. The number of aryl methyl sites for hydroxylation is 1. The van der Waals surface area contributed by atoms with Crippen molar-refractivity contribution in [1.29, 1.82) is 0 Å². The molecule has 0 saturated heterocycles. The molecule has 30 heavy (non-hydrogen) atoms. The second-order valence-electron chi connectivity index (χ2n) is 8.19. The van der Waals surface area contributed by atoms with Crippen molar-refractivity contribution < 1.29 is 0 Å². The van der Waals surface area contributed by atoms with Gasteiger partial charge in [-0.25, -0.2) is 0 Å². The maximum absolute atomic E-state index is 6.31. The van der Waals surface area contributed by atoms with Gasteiger partial charge in [-0.05, 0) is 62.8 Å². The van der Waals surface area contributed by atoms with E-state index in [-0.39, 0.29) is 0 Å². The Morgan fingerprint density at radius 1 is 1.00 bits per heavy atom. The number of nitrogens with two attached hydrogens (primary N) is 1. The highest BCUT2D eigenvalue weighted by Gasteiger charge is 2.15. The Morgan fingerprint density at radius 3 is 2.30 bits per heavy atom. The molecule has 0 atom stereocenters. The lowest BCUT2D eigenvalue weighted by atomic mass is 10.0. The van der Waals surface area contributed by atoms with Crippen LogP contribution in [0.5, 0.6) is 0 Å². The molecule has 0 bridgehead atoms. The molecule has 0 aliphatic carbocycles. The van der Waals surface area contributed by atoms with Gasteiger partial charge < -0.3 is 16.0 Å². The van der Waals surface area contributed by atoms with E-state index in [1.807, 2.05) is 6.92 Å². The predicted molar refractivity (Wildman–Crippen MR) is 134 cm³/mol. The molecular weight excluding hydrogens is 366 g/mol. The van der Waals surface area contributed by atoms with Crippen molar-refractivity contribution in [3.05, 3.63) is 90.2 Å². The number of hydrogen-bond acceptors (Lipinski definition) is 3. The van der Waals surface area contributed by atoms with Gasteiger partial charge in [0, 0.05) is 24.5 Å². The topological polar surface area (TPSA) is 41.3 Å². The molecule has 2 aromatic carbocycles. The lowest BCUT2D eigenvalue weighted by Gasteiger charge is -2.29. The van der Waals surface area contributed by atoms with Crippen LogP contribution in [0.1, 0.15) is 51.2 Å². The highest BCUT2D eigenvalue weighted by atomic mass is 15.1. The highest BCUT2D eigenvalue weighted by molar-refractivity contribution is 5.76. The first-order chi connectivity index (χ1) is 14.3. The average molecular weight is 404 g/mol. The van der Waals surface area contributed by atoms with Gasteiger partial charge in [-0.2, -0.15) is 0 Å². The lowest BCUT2D eigenvalue weighted by molar-refractivity contribution is 0.749. The highest BCUT2D eigenvalue weighted by Crippen LogP contribution is 2.33. The second-order valence-corrected chi connectivity index (χ2v) is 8.19. The summed E-state index contributed by atoms with van der Waals surface area (Å²) in [5.41, 5.74) is 15.1. The van der Waals surface area contributed by atoms with Crippen LogP contribution in [0.3, 0.4) is 0 Å². The molecule has 0 radical (unpaired) electrons. The van der Waals surface area contributed by atoms with Crippen molar-refractivity contribution in [2.45, 2.75) is 53.0 Å². The Balaban J connectivity index is 2.33. The van der Waals surface area contributed by atoms with Crippen LogP contribution in [0.2, 0.25) is 0 Å². The van der Waals surface area contributed by atoms with Crippen molar-refractivity contribution in [2.24, 2.45) is 0 Å². The molecule has 0 unspecified atom stereocenters. The Morgan fingerprint density at radius 2 is 1.70 bits per heavy atom. The molecule has 0 aromatic heterocycles. The van der Waals surface area contributed by atoms with E-state index >= 15 is 0 Å². The van der Waals surface area contributed by atoms with Crippen LogP contribution in [0.25, 0.3) is 0 Å². The van der Waals surface area contributed by atoms with Crippen LogP contribution in [-0.4, -0.2) is 6.54 Å². The zero-order valence-corrected chi connectivity index (χ0v) is 18.9. The molecule has 3 heteroatoms. The first kappa shape index (κ1) is 23.3. The van der Waals surface area contributed by atoms with Crippen LogP contribution in [0, 0.1) is 0 Å². The van der Waals surface area contributed by atoms with Crippen molar-refractivity contribution in [3.63, 3.8) is 0 Å². The van der Waals surface area contributed by atoms with E-state index in [4.69, 9.17) is 5.73 Å². The summed E-state index contributed by atoms with van der Waals surface area (Å²) in [4.78, 5) is 2.45. The van der Waals surface area contributed by atoms with Crippen molar-refractivity contribution in [3.8, 4) is 0 Å². The van der Waals surface area contributed by atoms with Gasteiger partial charge >= 0.3 is 0 Å². The van der Waals surface area contributed by atoms with E-state index in [1.165, 1.54) is 28.0 Å². The van der Waals surface area contributed by atoms with Crippen LogP contribution in [0.15, 0.2) is 79.0 Å². The maximum Gasteiger partial charge on any atom is 0.0636 e. The minimum atomic E-state index is 0.754. The van der Waals surface area contributed by atoms with Crippen LogP contribution >= 0.6 is 0 Å². The quantitative estimate of drug-likeness (QED) is 0.294. The molecule has 0 fully saturated rings. The first-order valence-corrected chi connectivity index (χ1v) is 10.7. The van der Waals surface area contributed by atoms with Crippen molar-refractivity contribution in [1.82, 2.24) is 0 Å². The summed E-state index contributed by atoms with van der Waals surface area (Å²) in [6, 6.07) is 14.9. The molecule has 3 nitrogen and oxygen atoms in total. The third-order valence-corrected chi connectivity index (χ3v) is 5.18. The van der Waals surface area contributed by atoms with Gasteiger partial charge in [0.25, 0.3) is 0 Å². The smallest absolute Gasteiger partial charge is 0.0636 e. The number of nitrogens with zero attached hydrogens (tertiary/aromatic N) is 1. The maximum atomic E-state index is 6.31. The van der Waals surface area contributed by atoms with E-state index in [9.17, 15) is 0 Å². The van der Waals surface area contributed by atoms with E-state index in [1.54, 1.807) is 0 Å². The van der Waals surface area contributed by atoms with Gasteiger partial charge in [0.1, 0.15) is 0 Å². The molecule has 0 heterocycles. The van der Waals surface area contributed by atoms with E-state index in [0.717, 1.165) is 55.8 Å². The summed E-state index contributed by atoms with van der Waals surface area (Å²) in [6.45, 7) is 20.2. The summed E-state index contributed by atoms with van der Waals surface area (Å²) >= 11 is 0. The normalized spacial score (nSPS) is 10.5. The Labute approximate surface area is 183 Å². The molecule has 2 aromatic rings. The number of benzene rings is 2. The molecule has 0 saturated carbocycles. The molecule has 3 N–H and O–H groups in total. The zero-order chi connectivity index (χ0) is 22.1. The number of nitrogen functional groups attached to an aromatic ring is 1. The number of allylic oxidation sites excluding steroid dienone is 2. The summed E-state index contributed by atoms with van der Waals surface area (Å²) in [5, 5.41) is 3.31. The summed E-state index contributed by atoms with van der Waals surface area (Å²) in [6.07, 6.45) is 3.89. The molecule has 0 spiro atoms. The fourth-order valence-electron chi connectivity index (χ4n) is 3.46. The van der Waals surface area contributed by atoms with Gasteiger partial charge in [-0.3, -0.25) is 0 Å². The molecule has 0 aliphatic heterocycles. The number of hydrogen-bond donors (Lipinski definition) is 2. The van der Waals surface area contributed by atoms with Gasteiger partial charge in [-0.1, -0.05) is 61.6 Å². The molecular formula is C27H37N3. The largest absolute Gasteiger partial charge is 0.397 e. The Bertz CT molecular complexity index is 880. The Hall–Kier alpha value is -2.94. The predicted octanol–water partition coefficient (Wildman–Crippen LogP) is 7.09. The summed E-state index contributed by atoms with van der Waals surface area (Å²) in [5.74, 6) is 0. The summed E-state index contributed by atoms with van der Waals surface area (Å²) < 4.78 is 0. The van der Waals surface area contributed by atoms with Crippen LogP contribution in [-0.2, 0) is 13.0 Å². The van der Waals surface area contributed by atoms with Gasteiger partial charge in [0.2, 0.25) is 0 Å². The number of rotatable bonds is 12. The second kappa shape index (κ2) is 11.3. The monoisotopic (exact) mass is 403 g/mol. The van der Waals surface area contributed by atoms with Crippen molar-refractivity contribution in [2.75, 3.05) is 22.5 Å². The SMILES string of the molecule is C=C(C)CCC(=C)CCN(Cc1ccccc1)c1cc(NC(=C)C)c(N)cc1CC. The fourth-order valence-corrected chi connectivity index (χ4v) is 3.46.